The zero-order chi connectivity index (χ0) is 19.1. The molecule has 1 amide bonds. The Morgan fingerprint density at radius 1 is 1.07 bits per heavy atom. The lowest BCUT2D eigenvalue weighted by Crippen LogP contribution is -2.29. The molecule has 27 heavy (non-hydrogen) atoms. The lowest BCUT2D eigenvalue weighted by molar-refractivity contribution is -0.111. The summed E-state index contributed by atoms with van der Waals surface area (Å²) >= 11 is 0. The lowest BCUT2D eigenvalue weighted by Gasteiger charge is -2.28. The maximum Gasteiger partial charge on any atom is 0.249 e. The van der Waals surface area contributed by atoms with E-state index >= 15 is 0 Å². The maximum atomic E-state index is 12.1. The monoisotopic (exact) mass is 367 g/mol. The number of ether oxygens (including phenoxy) is 2. The SMILES string of the molecule is COc1ccc(C=CC(=O)Nc2ccc(N3CCCCC3)cn2)cc1OC. The topological polar surface area (TPSA) is 63.7 Å². The van der Waals surface area contributed by atoms with Crippen molar-refractivity contribution in [2.24, 2.45) is 0 Å². The van der Waals surface area contributed by atoms with Crippen LogP contribution >= 0.6 is 0 Å². The number of anilines is 2. The maximum absolute atomic E-state index is 12.1. The molecule has 2 aromatic rings. The van der Waals surface area contributed by atoms with Crippen LogP contribution < -0.4 is 19.7 Å². The van der Waals surface area contributed by atoms with Crippen LogP contribution in [0.15, 0.2) is 42.6 Å². The van der Waals surface area contributed by atoms with Crippen molar-refractivity contribution < 1.29 is 14.3 Å². The van der Waals surface area contributed by atoms with E-state index in [2.05, 4.69) is 15.2 Å². The zero-order valence-electron chi connectivity index (χ0n) is 15.8. The minimum atomic E-state index is -0.233. The lowest BCUT2D eigenvalue weighted by atomic mass is 10.1. The van der Waals surface area contributed by atoms with E-state index in [1.165, 1.54) is 25.3 Å². The summed E-state index contributed by atoms with van der Waals surface area (Å²) in [7, 11) is 3.17. The molecule has 1 N–H and O–H groups in total. The Bertz CT molecular complexity index is 797. The summed E-state index contributed by atoms with van der Waals surface area (Å²) in [4.78, 5) is 18.8. The number of pyridine rings is 1. The Labute approximate surface area is 159 Å². The third-order valence-electron chi connectivity index (χ3n) is 4.56. The van der Waals surface area contributed by atoms with Crippen LogP contribution in [0.2, 0.25) is 0 Å². The first-order valence-electron chi connectivity index (χ1n) is 9.11. The van der Waals surface area contributed by atoms with Gasteiger partial charge in [-0.25, -0.2) is 4.98 Å². The molecule has 0 spiro atoms. The van der Waals surface area contributed by atoms with E-state index in [0.717, 1.165) is 24.3 Å². The molecule has 6 nitrogen and oxygen atoms in total. The Morgan fingerprint density at radius 3 is 2.52 bits per heavy atom. The van der Waals surface area contributed by atoms with Crippen LogP contribution in [0.3, 0.4) is 0 Å². The fourth-order valence-electron chi connectivity index (χ4n) is 3.10. The Balaban J connectivity index is 1.59. The van der Waals surface area contributed by atoms with Gasteiger partial charge in [0.25, 0.3) is 0 Å². The van der Waals surface area contributed by atoms with Gasteiger partial charge in [0.15, 0.2) is 11.5 Å². The number of methoxy groups -OCH3 is 2. The van der Waals surface area contributed by atoms with Crippen LogP contribution in [0.4, 0.5) is 11.5 Å². The van der Waals surface area contributed by atoms with Crippen molar-refractivity contribution in [3.8, 4) is 11.5 Å². The van der Waals surface area contributed by atoms with Crippen molar-refractivity contribution in [1.82, 2.24) is 4.98 Å². The van der Waals surface area contributed by atoms with Gasteiger partial charge in [-0.05, 0) is 55.2 Å². The molecular weight excluding hydrogens is 342 g/mol. The minimum Gasteiger partial charge on any atom is -0.493 e. The molecule has 1 aromatic carbocycles. The van der Waals surface area contributed by atoms with E-state index in [0.29, 0.717) is 17.3 Å². The van der Waals surface area contributed by atoms with Gasteiger partial charge in [0.05, 0.1) is 26.1 Å². The largest absolute Gasteiger partial charge is 0.493 e. The van der Waals surface area contributed by atoms with Crippen LogP contribution in [0, 0.1) is 0 Å². The highest BCUT2D eigenvalue weighted by atomic mass is 16.5. The quantitative estimate of drug-likeness (QED) is 0.788. The molecule has 0 aliphatic carbocycles. The molecule has 0 saturated carbocycles. The predicted octanol–water partition coefficient (Wildman–Crippen LogP) is 3.74. The van der Waals surface area contributed by atoms with Gasteiger partial charge in [-0.3, -0.25) is 4.79 Å². The third-order valence-corrected chi connectivity index (χ3v) is 4.56. The van der Waals surface area contributed by atoms with Crippen LogP contribution in [0.5, 0.6) is 11.5 Å². The fourth-order valence-corrected chi connectivity index (χ4v) is 3.10. The van der Waals surface area contributed by atoms with Crippen LogP contribution in [-0.2, 0) is 4.79 Å². The minimum absolute atomic E-state index is 0.233. The first-order valence-corrected chi connectivity index (χ1v) is 9.11. The first-order chi connectivity index (χ1) is 13.2. The molecule has 0 radical (unpaired) electrons. The highest BCUT2D eigenvalue weighted by Crippen LogP contribution is 2.28. The number of amides is 1. The first kappa shape index (κ1) is 18.8. The van der Waals surface area contributed by atoms with Gasteiger partial charge in [0, 0.05) is 19.2 Å². The van der Waals surface area contributed by atoms with Crippen molar-refractivity contribution >= 4 is 23.5 Å². The van der Waals surface area contributed by atoms with Gasteiger partial charge in [0.1, 0.15) is 5.82 Å². The second-order valence-corrected chi connectivity index (χ2v) is 6.39. The smallest absolute Gasteiger partial charge is 0.249 e. The predicted molar refractivity (Wildman–Crippen MR) is 108 cm³/mol. The standard InChI is InChI=1S/C21H25N3O3/c1-26-18-9-6-16(14-19(18)27-2)7-11-21(25)23-20-10-8-17(15-22-20)24-12-4-3-5-13-24/h6-11,14-15H,3-5,12-13H2,1-2H3,(H,22,23,25). The van der Waals surface area contributed by atoms with Gasteiger partial charge in [-0.1, -0.05) is 6.07 Å². The number of nitrogens with zero attached hydrogens (tertiary/aromatic N) is 2. The van der Waals surface area contributed by atoms with Crippen LogP contribution in [0.1, 0.15) is 24.8 Å². The highest BCUT2D eigenvalue weighted by Gasteiger charge is 2.11. The highest BCUT2D eigenvalue weighted by molar-refractivity contribution is 6.01. The molecule has 6 heteroatoms. The fraction of sp³-hybridized carbons (Fsp3) is 0.333. The molecule has 1 aromatic heterocycles. The summed E-state index contributed by atoms with van der Waals surface area (Å²) in [5, 5.41) is 2.78. The number of nitrogens with one attached hydrogen (secondary N) is 1. The van der Waals surface area contributed by atoms with Gasteiger partial charge < -0.3 is 19.7 Å². The van der Waals surface area contributed by atoms with E-state index in [1.807, 2.05) is 30.5 Å². The molecule has 0 unspecified atom stereocenters. The summed E-state index contributed by atoms with van der Waals surface area (Å²) < 4.78 is 10.5. The summed E-state index contributed by atoms with van der Waals surface area (Å²) in [6, 6.07) is 9.32. The second-order valence-electron chi connectivity index (χ2n) is 6.39. The van der Waals surface area contributed by atoms with E-state index in [1.54, 1.807) is 26.4 Å². The molecule has 0 bridgehead atoms. The number of piperidine rings is 1. The summed E-state index contributed by atoms with van der Waals surface area (Å²) in [6.45, 7) is 2.14. The van der Waals surface area contributed by atoms with E-state index in [9.17, 15) is 4.79 Å². The van der Waals surface area contributed by atoms with Gasteiger partial charge in [-0.2, -0.15) is 0 Å². The summed E-state index contributed by atoms with van der Waals surface area (Å²) in [5.74, 6) is 1.58. The molecule has 1 aliphatic heterocycles. The number of aromatic nitrogens is 1. The number of rotatable bonds is 6. The number of benzene rings is 1. The van der Waals surface area contributed by atoms with E-state index in [-0.39, 0.29) is 5.91 Å². The molecular formula is C21H25N3O3. The third kappa shape index (κ3) is 5.00. The van der Waals surface area contributed by atoms with Crippen molar-refractivity contribution in [2.75, 3.05) is 37.5 Å². The molecule has 0 atom stereocenters. The number of hydrogen-bond acceptors (Lipinski definition) is 5. The molecule has 1 saturated heterocycles. The van der Waals surface area contributed by atoms with Crippen molar-refractivity contribution in [1.29, 1.82) is 0 Å². The molecule has 1 fully saturated rings. The average Bonchev–Trinajstić information content (AvgIpc) is 2.73. The zero-order valence-corrected chi connectivity index (χ0v) is 15.8. The molecule has 142 valence electrons. The van der Waals surface area contributed by atoms with Crippen molar-refractivity contribution in [2.45, 2.75) is 19.3 Å². The summed E-state index contributed by atoms with van der Waals surface area (Å²) in [5.41, 5.74) is 1.95. The summed E-state index contributed by atoms with van der Waals surface area (Å²) in [6.07, 6.45) is 8.75. The molecule has 2 heterocycles. The molecule has 3 rings (SSSR count). The normalized spacial score (nSPS) is 14.2. The Kier molecular flexibility index (Phi) is 6.30. The average molecular weight is 367 g/mol. The Morgan fingerprint density at radius 2 is 1.85 bits per heavy atom. The Hall–Kier alpha value is -3.02. The van der Waals surface area contributed by atoms with E-state index in [4.69, 9.17) is 9.47 Å². The van der Waals surface area contributed by atoms with Crippen molar-refractivity contribution in [3.63, 3.8) is 0 Å². The van der Waals surface area contributed by atoms with Crippen molar-refractivity contribution in [3.05, 3.63) is 48.2 Å². The van der Waals surface area contributed by atoms with E-state index < -0.39 is 0 Å². The van der Waals surface area contributed by atoms with Gasteiger partial charge >= 0.3 is 0 Å². The van der Waals surface area contributed by atoms with Crippen LogP contribution in [-0.4, -0.2) is 38.2 Å². The van der Waals surface area contributed by atoms with Crippen LogP contribution in [0.25, 0.3) is 6.08 Å². The number of hydrogen-bond donors (Lipinski definition) is 1. The number of carbonyl (C=O) groups excluding carboxylic acids is 1. The second kappa shape index (κ2) is 9.07. The number of carbonyl (C=O) groups is 1. The van der Waals surface area contributed by atoms with Gasteiger partial charge in [0.2, 0.25) is 5.91 Å². The molecule has 1 aliphatic rings. The van der Waals surface area contributed by atoms with Gasteiger partial charge in [-0.15, -0.1) is 0 Å².